The molecular weight excluding hydrogens is 309 g/mol. The molecule has 1 heterocycles. The smallest absolute Gasteiger partial charge is 0.223 e. The third kappa shape index (κ3) is 5.27. The largest absolute Gasteiger partial charge is 0.356 e. The van der Waals surface area contributed by atoms with Gasteiger partial charge in [-0.3, -0.25) is 4.79 Å². The Labute approximate surface area is 140 Å². The fourth-order valence-corrected chi connectivity index (χ4v) is 3.66. The van der Waals surface area contributed by atoms with Gasteiger partial charge in [-0.2, -0.15) is 0 Å². The second kappa shape index (κ2) is 8.56. The Kier molecular flexibility index (Phi) is 7.75. The van der Waals surface area contributed by atoms with Gasteiger partial charge in [0.1, 0.15) is 0 Å². The van der Waals surface area contributed by atoms with E-state index in [0.29, 0.717) is 5.92 Å². The summed E-state index contributed by atoms with van der Waals surface area (Å²) in [7, 11) is 0. The number of rotatable bonds is 4. The summed E-state index contributed by atoms with van der Waals surface area (Å²) in [6.45, 7) is 3.29. The summed E-state index contributed by atoms with van der Waals surface area (Å²) in [5, 5.41) is 3.17. The highest BCUT2D eigenvalue weighted by Gasteiger charge is 2.34. The molecule has 0 aromatic carbocycles. The van der Waals surface area contributed by atoms with Gasteiger partial charge < -0.3 is 16.0 Å². The van der Waals surface area contributed by atoms with E-state index in [2.05, 4.69) is 10.2 Å². The highest BCUT2D eigenvalue weighted by molar-refractivity contribution is 5.85. The van der Waals surface area contributed by atoms with Crippen LogP contribution in [-0.4, -0.2) is 42.5 Å². The molecule has 0 aromatic rings. The molecule has 0 aromatic heterocycles. The molecule has 1 aliphatic heterocycles. The summed E-state index contributed by atoms with van der Waals surface area (Å²) >= 11 is 0. The number of nitrogens with zero attached hydrogens (tertiary/aromatic N) is 1. The Morgan fingerprint density at radius 1 is 1.14 bits per heavy atom. The lowest BCUT2D eigenvalue weighted by Gasteiger charge is -2.26. The molecule has 0 bridgehead atoms. The number of amides is 1. The average Bonchev–Trinajstić information content (AvgIpc) is 3.15. The number of halogens is 2. The Hall–Kier alpha value is -0.0300. The van der Waals surface area contributed by atoms with Gasteiger partial charge in [0.2, 0.25) is 5.91 Å². The van der Waals surface area contributed by atoms with Gasteiger partial charge in [-0.15, -0.1) is 24.8 Å². The van der Waals surface area contributed by atoms with Gasteiger partial charge in [-0.05, 0) is 51.0 Å². The first-order valence-electron chi connectivity index (χ1n) is 7.99. The summed E-state index contributed by atoms with van der Waals surface area (Å²) in [4.78, 5) is 14.8. The number of likely N-dealkylation sites (tertiary alicyclic amines) is 1. The summed E-state index contributed by atoms with van der Waals surface area (Å²) < 4.78 is 0. The van der Waals surface area contributed by atoms with Crippen LogP contribution in [0.5, 0.6) is 0 Å². The maximum Gasteiger partial charge on any atom is 0.223 e. The van der Waals surface area contributed by atoms with Crippen LogP contribution in [0, 0.1) is 11.8 Å². The summed E-state index contributed by atoms with van der Waals surface area (Å²) in [6, 6.07) is 1.11. The molecule has 4 nitrogen and oxygen atoms in total. The Morgan fingerprint density at radius 2 is 1.90 bits per heavy atom. The van der Waals surface area contributed by atoms with Gasteiger partial charge in [0, 0.05) is 31.1 Å². The van der Waals surface area contributed by atoms with E-state index in [-0.39, 0.29) is 42.7 Å². The number of hydrogen-bond acceptors (Lipinski definition) is 3. The van der Waals surface area contributed by atoms with Crippen molar-refractivity contribution in [3.8, 4) is 0 Å². The van der Waals surface area contributed by atoms with E-state index in [1.54, 1.807) is 0 Å². The zero-order valence-corrected chi connectivity index (χ0v) is 14.3. The quantitative estimate of drug-likeness (QED) is 0.824. The Bertz CT molecular complexity index is 339. The fourth-order valence-electron chi connectivity index (χ4n) is 3.66. The van der Waals surface area contributed by atoms with Gasteiger partial charge in [0.05, 0.1) is 0 Å². The van der Waals surface area contributed by atoms with Crippen LogP contribution in [-0.2, 0) is 4.79 Å². The van der Waals surface area contributed by atoms with Crippen LogP contribution < -0.4 is 11.1 Å². The van der Waals surface area contributed by atoms with Crippen LogP contribution in [0.2, 0.25) is 0 Å². The summed E-state index contributed by atoms with van der Waals surface area (Å²) in [6.07, 6.45) is 8.13. The number of carbonyl (C=O) groups excluding carboxylic acids is 1. The molecule has 6 heteroatoms. The first-order chi connectivity index (χ1) is 9.22. The first-order valence-corrected chi connectivity index (χ1v) is 7.99. The van der Waals surface area contributed by atoms with E-state index in [1.165, 1.54) is 32.4 Å². The summed E-state index contributed by atoms with van der Waals surface area (Å²) in [5.41, 5.74) is 5.95. The van der Waals surface area contributed by atoms with Crippen LogP contribution in [0.3, 0.4) is 0 Å². The molecular formula is C15H29Cl2N3O. The molecule has 3 aliphatic rings. The molecule has 21 heavy (non-hydrogen) atoms. The van der Waals surface area contributed by atoms with Crippen LogP contribution in [0.1, 0.15) is 44.9 Å². The maximum absolute atomic E-state index is 12.1. The van der Waals surface area contributed by atoms with E-state index in [9.17, 15) is 4.79 Å². The maximum atomic E-state index is 12.1. The molecule has 3 fully saturated rings. The minimum Gasteiger partial charge on any atom is -0.356 e. The van der Waals surface area contributed by atoms with E-state index in [0.717, 1.165) is 38.3 Å². The van der Waals surface area contributed by atoms with Crippen LogP contribution in [0.25, 0.3) is 0 Å². The molecule has 0 spiro atoms. The van der Waals surface area contributed by atoms with Gasteiger partial charge in [0.15, 0.2) is 0 Å². The predicted octanol–water partition coefficient (Wildman–Crippen LogP) is 1.95. The van der Waals surface area contributed by atoms with Crippen LogP contribution >= 0.6 is 24.8 Å². The highest BCUT2D eigenvalue weighted by atomic mass is 35.5. The monoisotopic (exact) mass is 337 g/mol. The van der Waals surface area contributed by atoms with Crippen LogP contribution in [0.15, 0.2) is 0 Å². The summed E-state index contributed by atoms with van der Waals surface area (Å²) in [5.74, 6) is 1.09. The number of nitrogens with one attached hydrogen (secondary N) is 1. The molecule has 3 atom stereocenters. The standard InChI is InChI=1S/C15H27N3O.2ClH/c16-13-3-1-2-12(8-13)15(19)17-9-11-6-7-18(10-11)14-4-5-14;;/h11-14H,1-10,16H2,(H,17,19);2*1H. The second-order valence-electron chi connectivity index (χ2n) is 6.75. The zero-order chi connectivity index (χ0) is 13.2. The molecule has 2 saturated carbocycles. The molecule has 0 radical (unpaired) electrons. The first kappa shape index (κ1) is 19.0. The SMILES string of the molecule is Cl.Cl.NC1CCCC(C(=O)NCC2CCN(C3CC3)C2)C1. The van der Waals surface area contributed by atoms with Crippen molar-refractivity contribution in [1.29, 1.82) is 0 Å². The molecule has 3 unspecified atom stereocenters. The third-order valence-corrected chi connectivity index (χ3v) is 5.03. The topological polar surface area (TPSA) is 58.4 Å². The molecule has 124 valence electrons. The normalized spacial score (nSPS) is 32.9. The molecule has 1 amide bonds. The van der Waals surface area contributed by atoms with Crippen molar-refractivity contribution in [2.45, 2.75) is 57.0 Å². The van der Waals surface area contributed by atoms with Crippen molar-refractivity contribution >= 4 is 30.7 Å². The van der Waals surface area contributed by atoms with E-state index in [1.807, 2.05) is 0 Å². The van der Waals surface area contributed by atoms with Crippen molar-refractivity contribution in [3.63, 3.8) is 0 Å². The van der Waals surface area contributed by atoms with Crippen molar-refractivity contribution in [2.75, 3.05) is 19.6 Å². The molecule has 3 rings (SSSR count). The van der Waals surface area contributed by atoms with Crippen molar-refractivity contribution < 1.29 is 4.79 Å². The lowest BCUT2D eigenvalue weighted by molar-refractivity contribution is -0.126. The number of carbonyl (C=O) groups is 1. The van der Waals surface area contributed by atoms with Crippen molar-refractivity contribution in [1.82, 2.24) is 10.2 Å². The third-order valence-electron chi connectivity index (χ3n) is 5.03. The highest BCUT2D eigenvalue weighted by Crippen LogP contribution is 2.31. The number of nitrogens with two attached hydrogens (primary N) is 1. The minimum atomic E-state index is 0. The Balaban J connectivity index is 0.00000110. The van der Waals surface area contributed by atoms with Crippen molar-refractivity contribution in [3.05, 3.63) is 0 Å². The minimum absolute atomic E-state index is 0. The molecule has 1 saturated heterocycles. The average molecular weight is 338 g/mol. The van der Waals surface area contributed by atoms with Crippen molar-refractivity contribution in [2.24, 2.45) is 17.6 Å². The number of hydrogen-bond donors (Lipinski definition) is 2. The lowest BCUT2D eigenvalue weighted by atomic mass is 9.85. The predicted molar refractivity (Wildman–Crippen MR) is 90.1 cm³/mol. The molecule has 2 aliphatic carbocycles. The van der Waals surface area contributed by atoms with Gasteiger partial charge in [-0.1, -0.05) is 6.42 Å². The van der Waals surface area contributed by atoms with E-state index in [4.69, 9.17) is 5.73 Å². The fraction of sp³-hybridized carbons (Fsp3) is 0.933. The lowest BCUT2D eigenvalue weighted by Crippen LogP contribution is -2.39. The van der Waals surface area contributed by atoms with Crippen LogP contribution in [0.4, 0.5) is 0 Å². The Morgan fingerprint density at radius 3 is 2.57 bits per heavy atom. The van der Waals surface area contributed by atoms with Gasteiger partial charge >= 0.3 is 0 Å². The van der Waals surface area contributed by atoms with E-state index >= 15 is 0 Å². The van der Waals surface area contributed by atoms with Gasteiger partial charge in [0.25, 0.3) is 0 Å². The zero-order valence-electron chi connectivity index (χ0n) is 12.6. The van der Waals surface area contributed by atoms with E-state index < -0.39 is 0 Å². The molecule has 3 N–H and O–H groups in total. The van der Waals surface area contributed by atoms with Gasteiger partial charge in [-0.25, -0.2) is 0 Å². The second-order valence-corrected chi connectivity index (χ2v) is 6.75.